The lowest BCUT2D eigenvalue weighted by Crippen LogP contribution is -2.50. The second-order valence-corrected chi connectivity index (χ2v) is 9.45. The Bertz CT molecular complexity index is 840. The zero-order valence-electron chi connectivity index (χ0n) is 27.8. The number of carbonyl (C=O) groups excluding carboxylic acids is 6. The monoisotopic (exact) mass is 671 g/mol. The van der Waals surface area contributed by atoms with Crippen molar-refractivity contribution >= 4 is 35.3 Å². The first-order chi connectivity index (χ1) is 21.1. The molecule has 0 aromatic rings. The van der Waals surface area contributed by atoms with E-state index in [2.05, 4.69) is 16.0 Å². The summed E-state index contributed by atoms with van der Waals surface area (Å²) in [6.45, 7) is 15.9. The van der Waals surface area contributed by atoms with Gasteiger partial charge in [-0.15, -0.1) is 0 Å². The maximum atomic E-state index is 12.1. The van der Waals surface area contributed by atoms with Crippen molar-refractivity contribution in [3.05, 3.63) is 0 Å². The number of carbonyl (C=O) groups is 6. The minimum Gasteiger partial charge on any atom is -0.379 e. The van der Waals surface area contributed by atoms with E-state index in [1.54, 1.807) is 13.8 Å². The summed E-state index contributed by atoms with van der Waals surface area (Å²) in [7, 11) is 0. The lowest BCUT2D eigenvalue weighted by molar-refractivity contribution is -0.138. The van der Waals surface area contributed by atoms with Crippen LogP contribution in [0.3, 0.4) is 0 Å². The van der Waals surface area contributed by atoms with Crippen LogP contribution < -0.4 is 16.0 Å². The van der Waals surface area contributed by atoms with Crippen LogP contribution in [0.4, 0.5) is 0 Å². The Kier molecular flexibility index (Phi) is 36.3. The highest BCUT2D eigenvalue weighted by Gasteiger charge is 2.28. The predicted molar refractivity (Wildman–Crippen MR) is 184 cm³/mol. The fraction of sp³-hybridized carbons (Fsp3) is 0.812. The van der Waals surface area contributed by atoms with Crippen LogP contribution in [0.25, 0.3) is 0 Å². The number of nitrogens with one attached hydrogen (secondary N) is 3. The molecule has 3 N–H and O–H groups in total. The van der Waals surface area contributed by atoms with Crippen LogP contribution in [0.1, 0.15) is 93.3 Å². The molecule has 0 saturated carbocycles. The Morgan fingerprint density at radius 3 is 1.63 bits per heavy atom. The molecule has 46 heavy (non-hydrogen) atoms. The van der Waals surface area contributed by atoms with Gasteiger partial charge in [0.05, 0.1) is 59.4 Å². The van der Waals surface area contributed by atoms with E-state index in [-0.39, 0.29) is 99.8 Å². The van der Waals surface area contributed by atoms with Gasteiger partial charge < -0.3 is 34.9 Å². The van der Waals surface area contributed by atoms with Crippen LogP contribution in [0.5, 0.6) is 0 Å². The largest absolute Gasteiger partial charge is 0.379 e. The van der Waals surface area contributed by atoms with Crippen molar-refractivity contribution in [2.24, 2.45) is 5.92 Å². The Hall–Kier alpha value is -2.94. The molecule has 0 unspecified atom stereocenters. The number of hydrogen-bond acceptors (Lipinski definition) is 10. The molecule has 0 aromatic heterocycles. The first-order valence-electron chi connectivity index (χ1n) is 15.6. The fourth-order valence-electron chi connectivity index (χ4n) is 3.47. The molecular formula is C32H70N4O10. The average Bonchev–Trinajstić information content (AvgIpc) is 3.33. The molecule has 0 bridgehead atoms. The lowest BCUT2D eigenvalue weighted by atomic mass is 10.0. The minimum atomic E-state index is -0.723. The molecule has 14 heteroatoms. The molecule has 278 valence electrons. The predicted octanol–water partition coefficient (Wildman–Crippen LogP) is 3.01. The third-order valence-corrected chi connectivity index (χ3v) is 5.65. The van der Waals surface area contributed by atoms with Crippen molar-refractivity contribution in [1.29, 1.82) is 0 Å². The second-order valence-electron chi connectivity index (χ2n) is 9.45. The zero-order chi connectivity index (χ0) is 33.8. The highest BCUT2D eigenvalue weighted by Crippen LogP contribution is 2.11. The van der Waals surface area contributed by atoms with Gasteiger partial charge in [-0.05, 0) is 12.8 Å². The molecule has 0 aliphatic carbocycles. The Balaban J connectivity index is -0.000000377. The van der Waals surface area contributed by atoms with Crippen molar-refractivity contribution in [2.45, 2.75) is 95.0 Å². The highest BCUT2D eigenvalue weighted by molar-refractivity contribution is 6.02. The number of amides is 5. The topological polar surface area (TPSA) is 179 Å². The smallest absolute Gasteiger partial charge is 0.243 e. The first kappa shape index (κ1) is 49.9. The van der Waals surface area contributed by atoms with Gasteiger partial charge in [-0.25, -0.2) is 0 Å². The molecule has 1 fully saturated rings. The molecular weight excluding hydrogens is 600 g/mol. The molecule has 1 saturated heterocycles. The quantitative estimate of drug-likeness (QED) is 0.108. The summed E-state index contributed by atoms with van der Waals surface area (Å²) in [6, 6.07) is -0.723. The van der Waals surface area contributed by atoms with Gasteiger partial charge in [0.15, 0.2) is 0 Å². The number of imide groups is 1. The Morgan fingerprint density at radius 2 is 1.17 bits per heavy atom. The SMILES string of the molecule is C.C.CC.CC.CC(=O)CNC(=O)[C@@H](NC(=O)CCOCCOCCOCCOCCNC(=O)CCN1C(=O)CCC1=O)C(C)C.[HH].[HH].[HH]. The van der Waals surface area contributed by atoms with E-state index in [0.29, 0.717) is 52.8 Å². The van der Waals surface area contributed by atoms with E-state index in [9.17, 15) is 28.8 Å². The van der Waals surface area contributed by atoms with E-state index >= 15 is 0 Å². The van der Waals surface area contributed by atoms with Gasteiger partial charge >= 0.3 is 0 Å². The number of ketones is 1. The highest BCUT2D eigenvalue weighted by atomic mass is 16.6. The molecule has 1 heterocycles. The summed E-state index contributed by atoms with van der Waals surface area (Å²) in [5, 5.41) is 7.85. The second kappa shape index (κ2) is 33.4. The summed E-state index contributed by atoms with van der Waals surface area (Å²) in [5.41, 5.74) is 0. The van der Waals surface area contributed by atoms with Gasteiger partial charge in [0.1, 0.15) is 11.8 Å². The van der Waals surface area contributed by atoms with E-state index in [0.717, 1.165) is 4.90 Å². The molecule has 1 aliphatic heterocycles. The van der Waals surface area contributed by atoms with Crippen molar-refractivity contribution in [2.75, 3.05) is 72.5 Å². The van der Waals surface area contributed by atoms with Gasteiger partial charge in [0.2, 0.25) is 29.5 Å². The van der Waals surface area contributed by atoms with Crippen LogP contribution in [-0.2, 0) is 47.7 Å². The fourth-order valence-corrected chi connectivity index (χ4v) is 3.47. The number of hydrogen-bond donors (Lipinski definition) is 3. The van der Waals surface area contributed by atoms with Crippen LogP contribution in [0.15, 0.2) is 0 Å². The van der Waals surface area contributed by atoms with Crippen LogP contribution in [0.2, 0.25) is 0 Å². The van der Waals surface area contributed by atoms with Crippen molar-refractivity contribution < 1.29 is 52.0 Å². The van der Waals surface area contributed by atoms with Crippen molar-refractivity contribution in [3.63, 3.8) is 0 Å². The number of rotatable bonds is 23. The Morgan fingerprint density at radius 1 is 0.717 bits per heavy atom. The molecule has 0 radical (unpaired) electrons. The van der Waals surface area contributed by atoms with Crippen molar-refractivity contribution in [3.8, 4) is 0 Å². The molecule has 1 atom stereocenters. The minimum absolute atomic E-state index is 0. The van der Waals surface area contributed by atoms with Gasteiger partial charge in [0.25, 0.3) is 0 Å². The molecule has 0 spiro atoms. The van der Waals surface area contributed by atoms with Gasteiger partial charge in [-0.2, -0.15) is 0 Å². The van der Waals surface area contributed by atoms with Crippen LogP contribution >= 0.6 is 0 Å². The van der Waals surface area contributed by atoms with E-state index in [1.165, 1.54) is 6.92 Å². The molecule has 5 amide bonds. The van der Waals surface area contributed by atoms with Crippen LogP contribution in [-0.4, -0.2) is 119 Å². The standard InChI is InChI=1S/C26H44N4O10.2C2H6.2CH4.3H2/c1-19(2)25(26(36)28-18-20(3)31)29-22(33)7-10-37-12-14-39-16-17-40-15-13-38-11-8-27-21(32)6-9-30-23(34)4-5-24(30)35;2*1-2;;;;;/h19,25H,4-18H2,1-3H3,(H,27,32)(H,28,36)(H,29,33);2*1-2H3;2*1H4;3*1H/t25-;;;;;;;/m0......./s1. The Labute approximate surface area is 281 Å². The number of ether oxygens (including phenoxy) is 4. The molecule has 14 nitrogen and oxygen atoms in total. The third kappa shape index (κ3) is 26.3. The number of likely N-dealkylation sites (tertiary alicyclic amines) is 1. The number of Topliss-reactive ketones (excluding diaryl/α,β-unsaturated/α-hetero) is 1. The number of nitrogens with zero attached hydrogens (tertiary/aromatic N) is 1. The molecule has 1 aliphatic rings. The maximum Gasteiger partial charge on any atom is 0.243 e. The van der Waals surface area contributed by atoms with Gasteiger partial charge in [-0.3, -0.25) is 33.7 Å². The summed E-state index contributed by atoms with van der Waals surface area (Å²) in [4.78, 5) is 71.2. The average molecular weight is 671 g/mol. The molecule has 0 aromatic carbocycles. The normalized spacial score (nSPS) is 12.4. The lowest BCUT2D eigenvalue weighted by Gasteiger charge is -2.21. The first-order valence-corrected chi connectivity index (χ1v) is 15.6. The third-order valence-electron chi connectivity index (χ3n) is 5.65. The van der Waals surface area contributed by atoms with E-state index in [1.807, 2.05) is 27.7 Å². The van der Waals surface area contributed by atoms with E-state index in [4.69, 9.17) is 18.9 Å². The maximum absolute atomic E-state index is 12.1. The van der Waals surface area contributed by atoms with Gasteiger partial charge in [0, 0.05) is 43.1 Å². The van der Waals surface area contributed by atoms with Gasteiger partial charge in [-0.1, -0.05) is 56.4 Å². The molecule has 1 rings (SSSR count). The summed E-state index contributed by atoms with van der Waals surface area (Å²) in [6.07, 6.45) is 0.599. The van der Waals surface area contributed by atoms with Crippen LogP contribution in [0, 0.1) is 5.92 Å². The summed E-state index contributed by atoms with van der Waals surface area (Å²) < 4.78 is 21.5. The summed E-state index contributed by atoms with van der Waals surface area (Å²) >= 11 is 0. The summed E-state index contributed by atoms with van der Waals surface area (Å²) in [5.74, 6) is -1.72. The van der Waals surface area contributed by atoms with Crippen molar-refractivity contribution in [1.82, 2.24) is 20.9 Å². The zero-order valence-corrected chi connectivity index (χ0v) is 27.8. The van der Waals surface area contributed by atoms with E-state index < -0.39 is 11.9 Å².